The van der Waals surface area contributed by atoms with Crippen molar-refractivity contribution in [1.29, 1.82) is 0 Å². The Morgan fingerprint density at radius 1 is 1.73 bits per heavy atom. The Morgan fingerprint density at radius 3 is 3.00 bits per heavy atom. The summed E-state index contributed by atoms with van der Waals surface area (Å²) in [6.45, 7) is 1.45. The van der Waals surface area contributed by atoms with Crippen LogP contribution in [0.1, 0.15) is 12.8 Å². The van der Waals surface area contributed by atoms with E-state index in [1.165, 1.54) is 0 Å². The van der Waals surface area contributed by atoms with Gasteiger partial charge >= 0.3 is 0 Å². The van der Waals surface area contributed by atoms with Crippen LogP contribution in [0.5, 0.6) is 0 Å². The van der Waals surface area contributed by atoms with Crippen molar-refractivity contribution in [3.05, 3.63) is 0 Å². The van der Waals surface area contributed by atoms with Crippen molar-refractivity contribution < 1.29 is 4.79 Å². The summed E-state index contributed by atoms with van der Waals surface area (Å²) in [5.74, 6) is 0.414. The lowest BCUT2D eigenvalue weighted by atomic mass is 10.2. The number of hydrogen-bond acceptors (Lipinski definition) is 3. The molecular formula is C7H14N2OS. The number of hydrogen-bond donors (Lipinski definition) is 2. The van der Waals surface area contributed by atoms with Crippen molar-refractivity contribution in [2.45, 2.75) is 18.9 Å². The lowest BCUT2D eigenvalue weighted by Gasteiger charge is -2.22. The molecule has 0 aromatic rings. The van der Waals surface area contributed by atoms with Crippen LogP contribution in [0, 0.1) is 0 Å². The molecule has 0 spiro atoms. The van der Waals surface area contributed by atoms with Gasteiger partial charge < -0.3 is 10.6 Å². The van der Waals surface area contributed by atoms with Gasteiger partial charge in [0.2, 0.25) is 5.91 Å². The molecule has 0 aromatic heterocycles. The Kier molecular flexibility index (Phi) is 3.20. The second-order valence-electron chi connectivity index (χ2n) is 2.78. The van der Waals surface area contributed by atoms with E-state index in [4.69, 9.17) is 5.73 Å². The highest BCUT2D eigenvalue weighted by molar-refractivity contribution is 7.81. The molecule has 1 fully saturated rings. The Morgan fingerprint density at radius 2 is 2.45 bits per heavy atom. The summed E-state index contributed by atoms with van der Waals surface area (Å²) in [5, 5.41) is 0. The molecule has 1 aliphatic rings. The van der Waals surface area contributed by atoms with E-state index in [0.29, 0.717) is 12.3 Å². The van der Waals surface area contributed by atoms with Crippen LogP contribution in [0.2, 0.25) is 0 Å². The molecule has 3 nitrogen and oxygen atoms in total. The molecular weight excluding hydrogens is 160 g/mol. The van der Waals surface area contributed by atoms with Gasteiger partial charge in [-0.25, -0.2) is 0 Å². The molecule has 4 heteroatoms. The van der Waals surface area contributed by atoms with Crippen LogP contribution < -0.4 is 5.73 Å². The molecule has 0 aliphatic carbocycles. The van der Waals surface area contributed by atoms with Gasteiger partial charge in [0.1, 0.15) is 0 Å². The summed E-state index contributed by atoms with van der Waals surface area (Å²) < 4.78 is 0. The van der Waals surface area contributed by atoms with Crippen molar-refractivity contribution in [1.82, 2.24) is 4.90 Å². The minimum atomic E-state index is 0.112. The first kappa shape index (κ1) is 8.87. The van der Waals surface area contributed by atoms with E-state index in [1.807, 2.05) is 4.90 Å². The predicted molar refractivity (Wildman–Crippen MR) is 47.6 cm³/mol. The van der Waals surface area contributed by atoms with E-state index in [9.17, 15) is 4.79 Å². The smallest absolute Gasteiger partial charge is 0.232 e. The largest absolute Gasteiger partial charge is 0.338 e. The fourth-order valence-corrected chi connectivity index (χ4v) is 1.68. The molecule has 1 unspecified atom stereocenters. The lowest BCUT2D eigenvalue weighted by Crippen LogP contribution is -2.40. The number of nitrogens with zero attached hydrogens (tertiary/aromatic N) is 1. The van der Waals surface area contributed by atoms with Gasteiger partial charge in [0, 0.05) is 19.1 Å². The summed E-state index contributed by atoms with van der Waals surface area (Å²) in [5.41, 5.74) is 5.50. The normalized spacial score (nSPS) is 24.2. The molecule has 1 heterocycles. The van der Waals surface area contributed by atoms with Crippen LogP contribution >= 0.6 is 12.6 Å². The maximum Gasteiger partial charge on any atom is 0.232 e. The van der Waals surface area contributed by atoms with Crippen LogP contribution in [0.15, 0.2) is 0 Å². The van der Waals surface area contributed by atoms with Gasteiger partial charge in [0.05, 0.1) is 5.75 Å². The molecule has 1 rings (SSSR count). The van der Waals surface area contributed by atoms with Crippen LogP contribution in [-0.4, -0.2) is 35.7 Å². The fourth-order valence-electron chi connectivity index (χ4n) is 1.50. The van der Waals surface area contributed by atoms with E-state index in [2.05, 4.69) is 12.6 Å². The molecule has 2 N–H and O–H groups in total. The zero-order valence-electron chi connectivity index (χ0n) is 6.49. The average molecular weight is 174 g/mol. The lowest BCUT2D eigenvalue weighted by molar-refractivity contribution is -0.128. The second kappa shape index (κ2) is 3.97. The van der Waals surface area contributed by atoms with E-state index < -0.39 is 0 Å². The third-order valence-corrected chi connectivity index (χ3v) is 2.38. The number of carbonyl (C=O) groups is 1. The molecule has 0 aromatic carbocycles. The third kappa shape index (κ3) is 1.87. The minimum absolute atomic E-state index is 0.112. The molecule has 0 radical (unpaired) electrons. The van der Waals surface area contributed by atoms with Crippen molar-refractivity contribution in [2.24, 2.45) is 5.73 Å². The number of nitrogens with two attached hydrogens (primary N) is 1. The zero-order chi connectivity index (χ0) is 8.27. The first-order chi connectivity index (χ1) is 5.29. The minimum Gasteiger partial charge on any atom is -0.338 e. The summed E-state index contributed by atoms with van der Waals surface area (Å²) >= 11 is 3.94. The van der Waals surface area contributed by atoms with Crippen LogP contribution in [0.3, 0.4) is 0 Å². The highest BCUT2D eigenvalue weighted by atomic mass is 32.1. The first-order valence-electron chi connectivity index (χ1n) is 3.90. The summed E-state index contributed by atoms with van der Waals surface area (Å²) in [7, 11) is 0. The maximum absolute atomic E-state index is 11.2. The number of carbonyl (C=O) groups excluding carboxylic acids is 1. The molecule has 64 valence electrons. The number of likely N-dealkylation sites (tertiary alicyclic amines) is 1. The van der Waals surface area contributed by atoms with Crippen LogP contribution in [-0.2, 0) is 4.79 Å². The topological polar surface area (TPSA) is 46.3 Å². The summed E-state index contributed by atoms with van der Waals surface area (Å²) in [6.07, 6.45) is 2.14. The second-order valence-corrected chi connectivity index (χ2v) is 3.09. The van der Waals surface area contributed by atoms with Crippen molar-refractivity contribution >= 4 is 18.5 Å². The van der Waals surface area contributed by atoms with E-state index in [0.717, 1.165) is 19.4 Å². The summed E-state index contributed by atoms with van der Waals surface area (Å²) in [4.78, 5) is 13.0. The first-order valence-corrected chi connectivity index (χ1v) is 4.53. The van der Waals surface area contributed by atoms with E-state index in [1.54, 1.807) is 0 Å². The SMILES string of the molecule is NCC1CCCN1C(=O)CS. The molecule has 1 atom stereocenters. The molecule has 0 saturated carbocycles. The van der Waals surface area contributed by atoms with Crippen molar-refractivity contribution in [3.63, 3.8) is 0 Å². The zero-order valence-corrected chi connectivity index (χ0v) is 7.39. The summed E-state index contributed by atoms with van der Waals surface area (Å²) in [6, 6.07) is 0.273. The predicted octanol–water partition coefficient (Wildman–Crippen LogP) is -0.134. The Labute approximate surface area is 72.3 Å². The quantitative estimate of drug-likeness (QED) is 0.573. The van der Waals surface area contributed by atoms with E-state index in [-0.39, 0.29) is 11.9 Å². The average Bonchev–Trinajstić information content (AvgIpc) is 2.50. The van der Waals surface area contributed by atoms with Gasteiger partial charge in [0.15, 0.2) is 0 Å². The fraction of sp³-hybridized carbons (Fsp3) is 0.857. The third-order valence-electron chi connectivity index (χ3n) is 2.10. The van der Waals surface area contributed by atoms with Gasteiger partial charge in [0.25, 0.3) is 0 Å². The Hall–Kier alpha value is -0.220. The maximum atomic E-state index is 11.2. The van der Waals surface area contributed by atoms with Gasteiger partial charge in [-0.15, -0.1) is 0 Å². The monoisotopic (exact) mass is 174 g/mol. The van der Waals surface area contributed by atoms with Crippen molar-refractivity contribution in [3.8, 4) is 0 Å². The Balaban J connectivity index is 2.49. The molecule has 11 heavy (non-hydrogen) atoms. The van der Waals surface area contributed by atoms with Gasteiger partial charge in [-0.1, -0.05) is 0 Å². The highest BCUT2D eigenvalue weighted by Crippen LogP contribution is 2.16. The van der Waals surface area contributed by atoms with Gasteiger partial charge in [-0.2, -0.15) is 12.6 Å². The van der Waals surface area contributed by atoms with Crippen LogP contribution in [0.4, 0.5) is 0 Å². The van der Waals surface area contributed by atoms with E-state index >= 15 is 0 Å². The molecule has 1 saturated heterocycles. The number of rotatable bonds is 2. The molecule has 0 bridgehead atoms. The number of amides is 1. The van der Waals surface area contributed by atoms with Crippen LogP contribution in [0.25, 0.3) is 0 Å². The molecule has 1 aliphatic heterocycles. The molecule has 1 amide bonds. The highest BCUT2D eigenvalue weighted by Gasteiger charge is 2.26. The standard InChI is InChI=1S/C7H14N2OS/c8-4-6-2-1-3-9(6)7(10)5-11/h6,11H,1-5,8H2. The number of thiol groups is 1. The van der Waals surface area contributed by atoms with Gasteiger partial charge in [-0.3, -0.25) is 4.79 Å². The van der Waals surface area contributed by atoms with Gasteiger partial charge in [-0.05, 0) is 12.8 Å². The van der Waals surface area contributed by atoms with Crippen molar-refractivity contribution in [2.75, 3.05) is 18.8 Å². The Bertz CT molecular complexity index is 151.